The van der Waals surface area contributed by atoms with Gasteiger partial charge >= 0.3 is 12.1 Å². The summed E-state index contributed by atoms with van der Waals surface area (Å²) in [6.45, 7) is 1.62. The van der Waals surface area contributed by atoms with Crippen LogP contribution >= 0.6 is 0 Å². The minimum atomic E-state index is -4.42. The second kappa shape index (κ2) is 4.90. The summed E-state index contributed by atoms with van der Waals surface area (Å²) in [6.07, 6.45) is -2.54. The van der Waals surface area contributed by atoms with Gasteiger partial charge in [-0.25, -0.2) is 4.79 Å². The first-order chi connectivity index (χ1) is 7.80. The summed E-state index contributed by atoms with van der Waals surface area (Å²) in [6, 6.07) is 3.22. The van der Waals surface area contributed by atoms with Crippen LogP contribution in [0.4, 0.5) is 18.9 Å². The molecule has 0 saturated heterocycles. The highest BCUT2D eigenvalue weighted by atomic mass is 19.4. The summed E-state index contributed by atoms with van der Waals surface area (Å²) in [5.41, 5.74) is 0.0275. The summed E-state index contributed by atoms with van der Waals surface area (Å²) in [7, 11) is 0. The quantitative estimate of drug-likeness (QED) is 0.805. The minimum Gasteiger partial charge on any atom is -0.478 e. The van der Waals surface area contributed by atoms with Gasteiger partial charge in [0, 0.05) is 18.0 Å². The molecular formula is C11H10F3NO2. The lowest BCUT2D eigenvalue weighted by Gasteiger charge is -2.11. The maximum atomic E-state index is 12.4. The highest BCUT2D eigenvalue weighted by Crippen LogP contribution is 2.31. The first-order valence-electron chi connectivity index (χ1n) is 4.64. The number of aryl methyl sites for hydroxylation is 1. The number of carboxylic acid groups (broad SMARTS) is 1. The van der Waals surface area contributed by atoms with Crippen molar-refractivity contribution in [1.82, 2.24) is 0 Å². The molecule has 0 aliphatic heterocycles. The Balaban J connectivity index is 2.95. The SMILES string of the molecule is Cc1ccc(C(F)(F)F)cc1N/C=C/C(=O)O. The highest BCUT2D eigenvalue weighted by molar-refractivity contribution is 5.80. The fourth-order valence-electron chi connectivity index (χ4n) is 1.16. The molecular weight excluding hydrogens is 235 g/mol. The van der Waals surface area contributed by atoms with E-state index in [0.29, 0.717) is 5.56 Å². The van der Waals surface area contributed by atoms with E-state index in [4.69, 9.17) is 5.11 Å². The molecule has 0 heterocycles. The Morgan fingerprint density at radius 2 is 2.06 bits per heavy atom. The van der Waals surface area contributed by atoms with Gasteiger partial charge in [-0.2, -0.15) is 13.2 Å². The maximum absolute atomic E-state index is 12.4. The number of alkyl halides is 3. The second-order valence-electron chi connectivity index (χ2n) is 3.34. The summed E-state index contributed by atoms with van der Waals surface area (Å²) >= 11 is 0. The van der Waals surface area contributed by atoms with Crippen molar-refractivity contribution < 1.29 is 23.1 Å². The fraction of sp³-hybridized carbons (Fsp3) is 0.182. The number of aliphatic carboxylic acids is 1. The van der Waals surface area contributed by atoms with Crippen LogP contribution in [0.5, 0.6) is 0 Å². The van der Waals surface area contributed by atoms with Gasteiger partial charge in [-0.05, 0) is 24.6 Å². The van der Waals surface area contributed by atoms with Crippen LogP contribution in [0, 0.1) is 6.92 Å². The largest absolute Gasteiger partial charge is 0.478 e. The number of nitrogens with one attached hydrogen (secondary N) is 1. The van der Waals surface area contributed by atoms with Crippen molar-refractivity contribution in [3.05, 3.63) is 41.6 Å². The molecule has 0 amide bonds. The molecule has 0 bridgehead atoms. The van der Waals surface area contributed by atoms with Crippen molar-refractivity contribution in [2.45, 2.75) is 13.1 Å². The normalized spacial score (nSPS) is 11.8. The van der Waals surface area contributed by atoms with E-state index < -0.39 is 17.7 Å². The predicted octanol–water partition coefficient (Wildman–Crippen LogP) is 3.02. The average molecular weight is 245 g/mol. The number of hydrogen-bond acceptors (Lipinski definition) is 2. The molecule has 0 aliphatic rings. The van der Waals surface area contributed by atoms with Gasteiger partial charge in [-0.3, -0.25) is 0 Å². The average Bonchev–Trinajstić information content (AvgIpc) is 2.18. The van der Waals surface area contributed by atoms with E-state index in [0.717, 1.165) is 24.4 Å². The van der Waals surface area contributed by atoms with Crippen LogP contribution in [-0.2, 0) is 11.0 Å². The molecule has 0 spiro atoms. The Hall–Kier alpha value is -1.98. The number of anilines is 1. The molecule has 1 aromatic carbocycles. The van der Waals surface area contributed by atoms with E-state index in [9.17, 15) is 18.0 Å². The number of hydrogen-bond donors (Lipinski definition) is 2. The predicted molar refractivity (Wildman–Crippen MR) is 56.6 cm³/mol. The van der Waals surface area contributed by atoms with Crippen LogP contribution < -0.4 is 5.32 Å². The van der Waals surface area contributed by atoms with Crippen LogP contribution in [0.25, 0.3) is 0 Å². The molecule has 17 heavy (non-hydrogen) atoms. The molecule has 92 valence electrons. The molecule has 0 radical (unpaired) electrons. The third-order valence-electron chi connectivity index (χ3n) is 2.03. The summed E-state index contributed by atoms with van der Waals surface area (Å²) < 4.78 is 37.2. The molecule has 1 rings (SSSR count). The van der Waals surface area contributed by atoms with E-state index in [-0.39, 0.29) is 5.69 Å². The lowest BCUT2D eigenvalue weighted by molar-refractivity contribution is -0.137. The Bertz CT molecular complexity index is 453. The monoisotopic (exact) mass is 245 g/mol. The maximum Gasteiger partial charge on any atom is 0.416 e. The molecule has 3 nitrogen and oxygen atoms in total. The van der Waals surface area contributed by atoms with Crippen LogP contribution in [0.2, 0.25) is 0 Å². The van der Waals surface area contributed by atoms with Crippen LogP contribution in [0.1, 0.15) is 11.1 Å². The lowest BCUT2D eigenvalue weighted by Crippen LogP contribution is -2.06. The molecule has 2 N–H and O–H groups in total. The van der Waals surface area contributed by atoms with Crippen molar-refractivity contribution in [3.63, 3.8) is 0 Å². The van der Waals surface area contributed by atoms with E-state index in [1.807, 2.05) is 0 Å². The van der Waals surface area contributed by atoms with Crippen molar-refractivity contribution in [2.24, 2.45) is 0 Å². The molecule has 6 heteroatoms. The van der Waals surface area contributed by atoms with Gasteiger partial charge in [0.25, 0.3) is 0 Å². The van der Waals surface area contributed by atoms with E-state index in [1.165, 1.54) is 6.07 Å². The Labute approximate surface area is 95.6 Å². The Kier molecular flexibility index (Phi) is 3.77. The molecule has 0 aliphatic carbocycles. The third-order valence-corrected chi connectivity index (χ3v) is 2.03. The minimum absolute atomic E-state index is 0.220. The van der Waals surface area contributed by atoms with Crippen molar-refractivity contribution in [2.75, 3.05) is 5.32 Å². The Morgan fingerprint density at radius 3 is 2.59 bits per heavy atom. The summed E-state index contributed by atoms with van der Waals surface area (Å²) in [5.74, 6) is -1.18. The number of carbonyl (C=O) groups is 1. The fourth-order valence-corrected chi connectivity index (χ4v) is 1.16. The highest BCUT2D eigenvalue weighted by Gasteiger charge is 2.30. The molecule has 0 aromatic heterocycles. The topological polar surface area (TPSA) is 49.3 Å². The van der Waals surface area contributed by atoms with Gasteiger partial charge in [0.15, 0.2) is 0 Å². The number of carboxylic acids is 1. The number of halogens is 3. The van der Waals surface area contributed by atoms with E-state index >= 15 is 0 Å². The smallest absolute Gasteiger partial charge is 0.416 e. The first-order valence-corrected chi connectivity index (χ1v) is 4.64. The first kappa shape index (κ1) is 13.1. The molecule has 1 aromatic rings. The third kappa shape index (κ3) is 3.82. The van der Waals surface area contributed by atoms with Gasteiger partial charge in [-0.15, -0.1) is 0 Å². The molecule has 0 unspecified atom stereocenters. The molecule has 0 fully saturated rings. The zero-order chi connectivity index (χ0) is 13.1. The van der Waals surface area contributed by atoms with Crippen LogP contribution in [0.3, 0.4) is 0 Å². The summed E-state index contributed by atoms with van der Waals surface area (Å²) in [5, 5.41) is 10.8. The van der Waals surface area contributed by atoms with Gasteiger partial charge in [0.05, 0.1) is 5.56 Å². The van der Waals surface area contributed by atoms with Crippen molar-refractivity contribution >= 4 is 11.7 Å². The van der Waals surface area contributed by atoms with E-state index in [1.54, 1.807) is 6.92 Å². The number of rotatable bonds is 3. The molecule has 0 atom stereocenters. The van der Waals surface area contributed by atoms with Crippen LogP contribution in [0.15, 0.2) is 30.5 Å². The summed E-state index contributed by atoms with van der Waals surface area (Å²) in [4.78, 5) is 10.2. The zero-order valence-electron chi connectivity index (χ0n) is 8.88. The van der Waals surface area contributed by atoms with Gasteiger partial charge in [-0.1, -0.05) is 6.07 Å². The standard InChI is InChI=1S/C11H10F3NO2/c1-7-2-3-8(11(12,13)14)6-9(7)15-5-4-10(16)17/h2-6,15H,1H3,(H,16,17)/b5-4+. The van der Waals surface area contributed by atoms with Gasteiger partial charge in [0.2, 0.25) is 0 Å². The zero-order valence-corrected chi connectivity index (χ0v) is 8.88. The van der Waals surface area contributed by atoms with Crippen molar-refractivity contribution in [3.8, 4) is 0 Å². The molecule has 0 saturated carbocycles. The Morgan fingerprint density at radius 1 is 1.41 bits per heavy atom. The van der Waals surface area contributed by atoms with Gasteiger partial charge < -0.3 is 10.4 Å². The van der Waals surface area contributed by atoms with Crippen LogP contribution in [-0.4, -0.2) is 11.1 Å². The van der Waals surface area contributed by atoms with Gasteiger partial charge in [0.1, 0.15) is 0 Å². The van der Waals surface area contributed by atoms with E-state index in [2.05, 4.69) is 5.32 Å². The second-order valence-corrected chi connectivity index (χ2v) is 3.34. The van der Waals surface area contributed by atoms with Crippen molar-refractivity contribution in [1.29, 1.82) is 0 Å². The lowest BCUT2D eigenvalue weighted by atomic mass is 10.1. The number of benzene rings is 1.